The Hall–Kier alpha value is -0.240. The molecule has 17 heavy (non-hydrogen) atoms. The Morgan fingerprint density at radius 2 is 2.18 bits per heavy atom. The molecule has 0 aliphatic heterocycles. The maximum atomic E-state index is 9.09. The molecule has 0 rings (SSSR count). The summed E-state index contributed by atoms with van der Waals surface area (Å²) >= 11 is 1.91. The van der Waals surface area contributed by atoms with Gasteiger partial charge in [0.2, 0.25) is 0 Å². The SMILES string of the molecule is CCNC(C)(C#N)CCCCSC(C)CCO. The van der Waals surface area contributed by atoms with Crippen molar-refractivity contribution in [3.63, 3.8) is 0 Å². The summed E-state index contributed by atoms with van der Waals surface area (Å²) in [5.41, 5.74) is -0.365. The standard InChI is InChI=1S/C13H26N2OS/c1-4-15-13(3,11-14)8-5-6-10-17-12(2)7-9-16/h12,15-16H,4-10H2,1-3H3. The first kappa shape index (κ1) is 16.8. The number of aliphatic hydroxyl groups is 1. The van der Waals surface area contributed by atoms with E-state index in [0.29, 0.717) is 5.25 Å². The molecular weight excluding hydrogens is 232 g/mol. The van der Waals surface area contributed by atoms with Crippen molar-refractivity contribution in [2.24, 2.45) is 0 Å². The maximum absolute atomic E-state index is 9.09. The molecule has 2 N–H and O–H groups in total. The normalized spacial score (nSPS) is 16.2. The summed E-state index contributed by atoms with van der Waals surface area (Å²) < 4.78 is 0. The average molecular weight is 258 g/mol. The average Bonchev–Trinajstić information content (AvgIpc) is 2.29. The minimum Gasteiger partial charge on any atom is -0.396 e. The third-order valence-electron chi connectivity index (χ3n) is 2.82. The Kier molecular flexibility index (Phi) is 9.62. The largest absolute Gasteiger partial charge is 0.396 e. The molecule has 0 aliphatic carbocycles. The number of nitrogens with zero attached hydrogens (tertiary/aromatic N) is 1. The maximum Gasteiger partial charge on any atom is 0.103 e. The van der Waals surface area contributed by atoms with E-state index in [1.165, 1.54) is 0 Å². The Morgan fingerprint density at radius 3 is 2.71 bits per heavy atom. The molecule has 0 heterocycles. The predicted molar refractivity (Wildman–Crippen MR) is 75.2 cm³/mol. The van der Waals surface area contributed by atoms with Gasteiger partial charge in [0, 0.05) is 11.9 Å². The van der Waals surface area contributed by atoms with E-state index >= 15 is 0 Å². The van der Waals surface area contributed by atoms with Crippen LogP contribution in [0.15, 0.2) is 0 Å². The van der Waals surface area contributed by atoms with Gasteiger partial charge in [-0.1, -0.05) is 13.8 Å². The van der Waals surface area contributed by atoms with Crippen molar-refractivity contribution < 1.29 is 5.11 Å². The summed E-state index contributed by atoms with van der Waals surface area (Å²) in [5, 5.41) is 21.6. The number of nitrogens with one attached hydrogen (secondary N) is 1. The molecule has 2 atom stereocenters. The Labute approximate surface area is 110 Å². The second kappa shape index (κ2) is 9.76. The van der Waals surface area contributed by atoms with Crippen LogP contribution in [0.25, 0.3) is 0 Å². The third kappa shape index (κ3) is 8.48. The molecule has 0 radical (unpaired) electrons. The summed E-state index contributed by atoms with van der Waals surface area (Å²) in [5.74, 6) is 1.12. The fourth-order valence-corrected chi connectivity index (χ4v) is 2.75. The van der Waals surface area contributed by atoms with E-state index in [9.17, 15) is 0 Å². The highest BCUT2D eigenvalue weighted by atomic mass is 32.2. The Morgan fingerprint density at radius 1 is 1.47 bits per heavy atom. The lowest BCUT2D eigenvalue weighted by molar-refractivity contribution is 0.289. The minimum absolute atomic E-state index is 0.279. The monoisotopic (exact) mass is 258 g/mol. The molecule has 0 amide bonds. The van der Waals surface area contributed by atoms with Crippen molar-refractivity contribution in [2.75, 3.05) is 18.9 Å². The minimum atomic E-state index is -0.365. The van der Waals surface area contributed by atoms with Gasteiger partial charge in [0.05, 0.1) is 6.07 Å². The predicted octanol–water partition coefficient (Wildman–Crippen LogP) is 2.55. The van der Waals surface area contributed by atoms with Gasteiger partial charge < -0.3 is 5.11 Å². The van der Waals surface area contributed by atoms with Gasteiger partial charge in [-0.15, -0.1) is 0 Å². The van der Waals surface area contributed by atoms with Crippen molar-refractivity contribution in [2.45, 2.75) is 57.2 Å². The molecule has 100 valence electrons. The molecule has 0 bridgehead atoms. The smallest absolute Gasteiger partial charge is 0.103 e. The van der Waals surface area contributed by atoms with E-state index in [2.05, 4.69) is 18.3 Å². The molecule has 0 aliphatic rings. The molecule has 3 nitrogen and oxygen atoms in total. The van der Waals surface area contributed by atoms with Crippen LogP contribution in [-0.2, 0) is 0 Å². The number of unbranched alkanes of at least 4 members (excludes halogenated alkanes) is 1. The van der Waals surface area contributed by atoms with Crippen LogP contribution < -0.4 is 5.32 Å². The number of nitriles is 1. The molecule has 0 saturated carbocycles. The van der Waals surface area contributed by atoms with Crippen molar-refractivity contribution in [1.29, 1.82) is 5.26 Å². The summed E-state index contributed by atoms with van der Waals surface area (Å²) in [4.78, 5) is 0. The molecule has 0 aromatic rings. The van der Waals surface area contributed by atoms with Crippen molar-refractivity contribution in [3.05, 3.63) is 0 Å². The summed E-state index contributed by atoms with van der Waals surface area (Å²) in [6, 6.07) is 2.35. The van der Waals surface area contributed by atoms with Gasteiger partial charge in [0.1, 0.15) is 5.54 Å². The van der Waals surface area contributed by atoms with Gasteiger partial charge >= 0.3 is 0 Å². The molecule has 0 aromatic carbocycles. The topological polar surface area (TPSA) is 56.0 Å². The van der Waals surface area contributed by atoms with Crippen molar-refractivity contribution in [3.8, 4) is 6.07 Å². The van der Waals surface area contributed by atoms with Gasteiger partial charge in [-0.25, -0.2) is 0 Å². The fraction of sp³-hybridized carbons (Fsp3) is 0.923. The van der Waals surface area contributed by atoms with E-state index in [1.807, 2.05) is 25.6 Å². The summed E-state index contributed by atoms with van der Waals surface area (Å²) in [6.07, 6.45) is 4.00. The number of thioether (sulfide) groups is 1. The molecule has 0 spiro atoms. The lowest BCUT2D eigenvalue weighted by Crippen LogP contribution is -2.40. The Bertz CT molecular complexity index is 230. The zero-order valence-corrected chi connectivity index (χ0v) is 12.1. The first-order valence-corrected chi connectivity index (χ1v) is 7.51. The first-order valence-electron chi connectivity index (χ1n) is 6.46. The van der Waals surface area contributed by atoms with Gasteiger partial charge in [-0.2, -0.15) is 17.0 Å². The lowest BCUT2D eigenvalue weighted by Gasteiger charge is -2.22. The van der Waals surface area contributed by atoms with Crippen LogP contribution in [0.4, 0.5) is 0 Å². The lowest BCUT2D eigenvalue weighted by atomic mass is 9.97. The molecule has 0 fully saturated rings. The zero-order chi connectivity index (χ0) is 13.1. The molecule has 0 saturated heterocycles. The third-order valence-corrected chi connectivity index (χ3v) is 4.15. The zero-order valence-electron chi connectivity index (χ0n) is 11.3. The van der Waals surface area contributed by atoms with Crippen LogP contribution >= 0.6 is 11.8 Å². The van der Waals surface area contributed by atoms with Gasteiger partial charge in [0.25, 0.3) is 0 Å². The fourth-order valence-electron chi connectivity index (χ4n) is 1.70. The van der Waals surface area contributed by atoms with E-state index in [4.69, 9.17) is 10.4 Å². The second-order valence-corrected chi connectivity index (χ2v) is 6.17. The van der Waals surface area contributed by atoms with E-state index in [0.717, 1.165) is 38.0 Å². The molecule has 2 unspecified atom stereocenters. The van der Waals surface area contributed by atoms with Crippen LogP contribution in [0.1, 0.15) is 46.5 Å². The van der Waals surface area contributed by atoms with Crippen LogP contribution in [-0.4, -0.2) is 34.8 Å². The van der Waals surface area contributed by atoms with E-state index in [1.54, 1.807) is 0 Å². The molecule has 4 heteroatoms. The quantitative estimate of drug-likeness (QED) is 0.591. The Balaban J connectivity index is 3.60. The van der Waals surface area contributed by atoms with Crippen molar-refractivity contribution >= 4 is 11.8 Å². The van der Waals surface area contributed by atoms with Gasteiger partial charge in [-0.3, -0.25) is 5.32 Å². The summed E-state index contributed by atoms with van der Waals surface area (Å²) in [7, 11) is 0. The number of hydrogen-bond donors (Lipinski definition) is 2. The highest BCUT2D eigenvalue weighted by Crippen LogP contribution is 2.18. The summed E-state index contributed by atoms with van der Waals surface area (Å²) in [6.45, 7) is 7.27. The van der Waals surface area contributed by atoms with Crippen LogP contribution in [0.5, 0.6) is 0 Å². The highest BCUT2D eigenvalue weighted by Gasteiger charge is 2.21. The van der Waals surface area contributed by atoms with Crippen LogP contribution in [0, 0.1) is 11.3 Å². The number of hydrogen-bond acceptors (Lipinski definition) is 4. The highest BCUT2D eigenvalue weighted by molar-refractivity contribution is 7.99. The van der Waals surface area contributed by atoms with Crippen LogP contribution in [0.2, 0.25) is 0 Å². The number of aliphatic hydroxyl groups excluding tert-OH is 1. The van der Waals surface area contributed by atoms with E-state index < -0.39 is 0 Å². The van der Waals surface area contributed by atoms with Crippen LogP contribution in [0.3, 0.4) is 0 Å². The van der Waals surface area contributed by atoms with E-state index in [-0.39, 0.29) is 12.1 Å². The van der Waals surface area contributed by atoms with Gasteiger partial charge in [-0.05, 0) is 44.9 Å². The van der Waals surface area contributed by atoms with Gasteiger partial charge in [0.15, 0.2) is 0 Å². The first-order chi connectivity index (χ1) is 8.08. The van der Waals surface area contributed by atoms with Crippen molar-refractivity contribution in [1.82, 2.24) is 5.32 Å². The second-order valence-electron chi connectivity index (χ2n) is 4.63. The molecular formula is C13H26N2OS. The number of rotatable bonds is 10. The molecule has 0 aromatic heterocycles.